The maximum Gasteiger partial charge on any atom is 0.336 e. The quantitative estimate of drug-likeness (QED) is 0.0869. The largest absolute Gasteiger partial charge is 0.423 e. The summed E-state index contributed by atoms with van der Waals surface area (Å²) in [6.07, 6.45) is 26.3. The summed E-state index contributed by atoms with van der Waals surface area (Å²) < 4.78 is 5.52. The predicted octanol–water partition coefficient (Wildman–Crippen LogP) is 11.1. The maximum atomic E-state index is 12.4. The van der Waals surface area contributed by atoms with E-state index in [1.807, 2.05) is 49.4 Å². The van der Waals surface area contributed by atoms with E-state index in [1.165, 1.54) is 47.6 Å². The molecule has 2 heteroatoms. The second kappa shape index (κ2) is 15.4. The molecule has 1 atom stereocenters. The number of carbonyl (C=O) groups excluding carboxylic acids is 1. The lowest BCUT2D eigenvalue weighted by atomic mass is 9.72. The smallest absolute Gasteiger partial charge is 0.336 e. The summed E-state index contributed by atoms with van der Waals surface area (Å²) in [5.74, 6) is 0.146. The Morgan fingerprint density at radius 1 is 1.05 bits per heavy atom. The fraction of sp³-hybridized carbons (Fsp3) is 0.395. The van der Waals surface area contributed by atoms with Crippen molar-refractivity contribution in [1.29, 1.82) is 0 Å². The van der Waals surface area contributed by atoms with Crippen LogP contribution in [-0.4, -0.2) is 5.97 Å². The van der Waals surface area contributed by atoms with Crippen LogP contribution in [0.4, 0.5) is 0 Å². The zero-order valence-electron chi connectivity index (χ0n) is 26.1. The minimum atomic E-state index is -0.383. The Morgan fingerprint density at radius 3 is 2.38 bits per heavy atom. The van der Waals surface area contributed by atoms with Gasteiger partial charge in [-0.15, -0.1) is 6.58 Å². The van der Waals surface area contributed by atoms with E-state index in [-0.39, 0.29) is 16.8 Å². The molecule has 2 rings (SSSR count). The van der Waals surface area contributed by atoms with Gasteiger partial charge in [0.2, 0.25) is 0 Å². The highest BCUT2D eigenvalue weighted by atomic mass is 16.5. The molecule has 0 fully saturated rings. The van der Waals surface area contributed by atoms with E-state index in [1.54, 1.807) is 0 Å². The van der Waals surface area contributed by atoms with Gasteiger partial charge in [-0.3, -0.25) is 0 Å². The normalized spacial score (nSPS) is 17.9. The molecule has 0 spiro atoms. The van der Waals surface area contributed by atoms with E-state index in [2.05, 4.69) is 91.5 Å². The molecule has 0 N–H and O–H groups in total. The van der Waals surface area contributed by atoms with Crippen molar-refractivity contribution in [1.82, 2.24) is 0 Å². The van der Waals surface area contributed by atoms with Gasteiger partial charge in [0, 0.05) is 11.5 Å². The van der Waals surface area contributed by atoms with Gasteiger partial charge in [-0.2, -0.15) is 0 Å². The second-order valence-corrected chi connectivity index (χ2v) is 12.3. The van der Waals surface area contributed by atoms with Gasteiger partial charge < -0.3 is 4.74 Å². The number of benzene rings is 1. The average molecular weight is 539 g/mol. The summed E-state index contributed by atoms with van der Waals surface area (Å²) >= 11 is 0. The standard InChI is InChI=1S/C38H50O2/c1-10-38(9,26-12-14-29(2)3)27-24-33-19-21-34(22-20-33)40-36(39)28-31(5)16-11-15-30(4)18-23-35-32(6)17-13-25-37(35,7)8/h10-11,14-16,18-24,27-28H,1,12-13,17,25-26H2,2-9H3/b16-11+,23-18+,27-24+,30-15-,31-28+/t38-/m1/s1. The molecule has 0 radical (unpaired) electrons. The van der Waals surface area contributed by atoms with Crippen LogP contribution < -0.4 is 4.74 Å². The molecule has 40 heavy (non-hydrogen) atoms. The van der Waals surface area contributed by atoms with Crippen LogP contribution in [0.1, 0.15) is 93.1 Å². The third-order valence-electron chi connectivity index (χ3n) is 7.58. The highest BCUT2D eigenvalue weighted by Crippen LogP contribution is 2.40. The molecule has 1 aromatic carbocycles. The Kier molecular flexibility index (Phi) is 12.6. The van der Waals surface area contributed by atoms with Crippen LogP contribution in [0.25, 0.3) is 6.08 Å². The summed E-state index contributed by atoms with van der Waals surface area (Å²) in [5, 5.41) is 0. The highest BCUT2D eigenvalue weighted by molar-refractivity contribution is 5.85. The van der Waals surface area contributed by atoms with Crippen molar-refractivity contribution in [3.63, 3.8) is 0 Å². The van der Waals surface area contributed by atoms with Crippen molar-refractivity contribution < 1.29 is 9.53 Å². The van der Waals surface area contributed by atoms with Crippen LogP contribution >= 0.6 is 0 Å². The van der Waals surface area contributed by atoms with Crippen LogP contribution in [0, 0.1) is 10.8 Å². The number of hydrogen-bond acceptors (Lipinski definition) is 2. The summed E-state index contributed by atoms with van der Waals surface area (Å²) in [6, 6.07) is 7.58. The fourth-order valence-corrected chi connectivity index (χ4v) is 4.87. The molecule has 0 amide bonds. The van der Waals surface area contributed by atoms with Crippen molar-refractivity contribution in [2.75, 3.05) is 0 Å². The highest BCUT2D eigenvalue weighted by Gasteiger charge is 2.26. The second-order valence-electron chi connectivity index (χ2n) is 12.3. The zero-order chi connectivity index (χ0) is 29.8. The van der Waals surface area contributed by atoms with Gasteiger partial charge in [-0.1, -0.05) is 104 Å². The van der Waals surface area contributed by atoms with Gasteiger partial charge in [-0.25, -0.2) is 4.79 Å². The maximum absolute atomic E-state index is 12.4. The molecular weight excluding hydrogens is 488 g/mol. The molecule has 0 aromatic heterocycles. The summed E-state index contributed by atoms with van der Waals surface area (Å²) in [6.45, 7) is 21.4. The number of carbonyl (C=O) groups is 1. The predicted molar refractivity (Wildman–Crippen MR) is 174 cm³/mol. The Morgan fingerprint density at radius 2 is 1.75 bits per heavy atom. The van der Waals surface area contributed by atoms with E-state index in [4.69, 9.17) is 4.74 Å². The Balaban J connectivity index is 1.93. The number of hydrogen-bond donors (Lipinski definition) is 0. The number of rotatable bonds is 12. The molecular formula is C38H50O2. The van der Waals surface area contributed by atoms with Crippen molar-refractivity contribution in [2.24, 2.45) is 10.8 Å². The summed E-state index contributed by atoms with van der Waals surface area (Å²) in [5.41, 5.74) is 7.53. The molecule has 2 nitrogen and oxygen atoms in total. The molecule has 0 saturated carbocycles. The van der Waals surface area contributed by atoms with Crippen LogP contribution in [0.5, 0.6) is 5.75 Å². The first-order valence-corrected chi connectivity index (χ1v) is 14.5. The van der Waals surface area contributed by atoms with E-state index < -0.39 is 0 Å². The average Bonchev–Trinajstić information content (AvgIpc) is 2.87. The van der Waals surface area contributed by atoms with Gasteiger partial charge in [0.1, 0.15) is 5.75 Å². The van der Waals surface area contributed by atoms with Crippen LogP contribution in [0.2, 0.25) is 0 Å². The topological polar surface area (TPSA) is 26.3 Å². The lowest BCUT2D eigenvalue weighted by molar-refractivity contribution is -0.129. The van der Waals surface area contributed by atoms with Crippen LogP contribution in [-0.2, 0) is 4.79 Å². The molecule has 0 aliphatic heterocycles. The monoisotopic (exact) mass is 538 g/mol. The van der Waals surface area contributed by atoms with E-state index >= 15 is 0 Å². The molecule has 0 unspecified atom stereocenters. The van der Waals surface area contributed by atoms with Gasteiger partial charge in [0.05, 0.1) is 0 Å². The summed E-state index contributed by atoms with van der Waals surface area (Å²) in [7, 11) is 0. The molecule has 1 aliphatic rings. The first-order chi connectivity index (χ1) is 18.8. The molecule has 0 saturated heterocycles. The van der Waals surface area contributed by atoms with E-state index in [9.17, 15) is 4.79 Å². The minimum Gasteiger partial charge on any atom is -0.423 e. The summed E-state index contributed by atoms with van der Waals surface area (Å²) in [4.78, 5) is 12.4. The Bertz CT molecular complexity index is 1230. The van der Waals surface area contributed by atoms with E-state index in [0.717, 1.165) is 24.0 Å². The van der Waals surface area contributed by atoms with Crippen molar-refractivity contribution in [2.45, 2.75) is 87.5 Å². The van der Waals surface area contributed by atoms with Gasteiger partial charge in [0.15, 0.2) is 0 Å². The lowest BCUT2D eigenvalue weighted by Gasteiger charge is -2.32. The van der Waals surface area contributed by atoms with Crippen LogP contribution in [0.15, 0.2) is 113 Å². The Labute approximate surface area is 244 Å². The Hall–Kier alpha value is -3.39. The zero-order valence-corrected chi connectivity index (χ0v) is 26.1. The fourth-order valence-electron chi connectivity index (χ4n) is 4.87. The van der Waals surface area contributed by atoms with Crippen molar-refractivity contribution >= 4 is 12.0 Å². The molecule has 1 aromatic rings. The molecule has 214 valence electrons. The number of ether oxygens (including phenoxy) is 1. The van der Waals surface area contributed by atoms with E-state index in [0.29, 0.717) is 5.75 Å². The van der Waals surface area contributed by atoms with Gasteiger partial charge in [0.25, 0.3) is 0 Å². The first kappa shape index (κ1) is 32.8. The number of allylic oxidation sites excluding steroid dienone is 13. The molecule has 1 aliphatic carbocycles. The lowest BCUT2D eigenvalue weighted by Crippen LogP contribution is -2.19. The van der Waals surface area contributed by atoms with Crippen molar-refractivity contribution in [3.8, 4) is 5.75 Å². The SMILES string of the molecule is C=C[C@@](C)(/C=C/c1ccc(OC(=O)/C=C(C)/C=C/C=C(C)\C=C\C2=C(C)CCCC2(C)C)cc1)CCC=C(C)C. The number of esters is 1. The van der Waals surface area contributed by atoms with Gasteiger partial charge >= 0.3 is 5.97 Å². The molecule has 0 bridgehead atoms. The third kappa shape index (κ3) is 11.4. The minimum absolute atomic E-state index is 0.0696. The van der Waals surface area contributed by atoms with Gasteiger partial charge in [-0.05, 0) is 101 Å². The van der Waals surface area contributed by atoms with Crippen molar-refractivity contribution in [3.05, 3.63) is 119 Å². The van der Waals surface area contributed by atoms with Crippen LogP contribution in [0.3, 0.4) is 0 Å². The third-order valence-corrected chi connectivity index (χ3v) is 7.58. The first-order valence-electron chi connectivity index (χ1n) is 14.5. The molecule has 0 heterocycles.